The van der Waals surface area contributed by atoms with Crippen LogP contribution < -0.4 is 21.9 Å². The molecule has 0 spiro atoms. The van der Waals surface area contributed by atoms with E-state index in [4.69, 9.17) is 0 Å². The smallest absolute Gasteiger partial charge is 0.191 e. The molecule has 1 aromatic carbocycles. The fourth-order valence-corrected chi connectivity index (χ4v) is 2.57. The summed E-state index contributed by atoms with van der Waals surface area (Å²) in [4.78, 5) is 14.4. The van der Waals surface area contributed by atoms with Crippen LogP contribution >= 0.6 is 0 Å². The lowest BCUT2D eigenvalue weighted by atomic mass is 10.1. The van der Waals surface area contributed by atoms with Gasteiger partial charge in [-0.2, -0.15) is 4.57 Å². The first-order chi connectivity index (χ1) is 10.3. The maximum Gasteiger partial charge on any atom is 0.191 e. The van der Waals surface area contributed by atoms with Gasteiger partial charge in [-0.05, 0) is 12.8 Å². The van der Waals surface area contributed by atoms with Crippen LogP contribution in [0.15, 0.2) is 60.9 Å². The van der Waals surface area contributed by atoms with Gasteiger partial charge in [0.25, 0.3) is 0 Å². The van der Waals surface area contributed by atoms with Crippen molar-refractivity contribution >= 4 is 17.7 Å². The van der Waals surface area contributed by atoms with Gasteiger partial charge in [-0.15, -0.1) is 0 Å². The van der Waals surface area contributed by atoms with Gasteiger partial charge in [0.05, 0.1) is 6.08 Å². The third kappa shape index (κ3) is 3.95. The molecule has 1 saturated heterocycles. The van der Waals surface area contributed by atoms with E-state index in [2.05, 4.69) is 17.0 Å². The molecule has 0 radical (unpaired) electrons. The Morgan fingerprint density at radius 2 is 1.64 bits per heavy atom. The lowest BCUT2D eigenvalue weighted by Gasteiger charge is -2.15. The van der Waals surface area contributed by atoms with Gasteiger partial charge in [0.15, 0.2) is 24.4 Å². The third-order valence-electron chi connectivity index (χ3n) is 3.76. The molecule has 0 atom stereocenters. The van der Waals surface area contributed by atoms with E-state index in [0.29, 0.717) is 5.56 Å². The molecule has 22 heavy (non-hydrogen) atoms. The van der Waals surface area contributed by atoms with Crippen molar-refractivity contribution in [2.45, 2.75) is 12.8 Å². The largest absolute Gasteiger partial charge is 1.00 e. The molecular formula is C18H19ClN2O. The zero-order valence-electron chi connectivity index (χ0n) is 12.4. The summed E-state index contributed by atoms with van der Waals surface area (Å²) >= 11 is 0. The zero-order chi connectivity index (χ0) is 14.5. The van der Waals surface area contributed by atoms with Gasteiger partial charge in [-0.1, -0.05) is 30.3 Å². The monoisotopic (exact) mass is 314 g/mol. The number of carbonyl (C=O) groups excluding carboxylic acids is 1. The van der Waals surface area contributed by atoms with Crippen LogP contribution in [0.4, 0.5) is 5.69 Å². The Balaban J connectivity index is 0.00000176. The highest BCUT2D eigenvalue weighted by atomic mass is 35.5. The minimum atomic E-state index is 0. The summed E-state index contributed by atoms with van der Waals surface area (Å²) in [6.07, 6.45) is 9.93. The minimum absolute atomic E-state index is 0. The molecule has 1 fully saturated rings. The summed E-state index contributed by atoms with van der Waals surface area (Å²) < 4.78 is 1.90. The van der Waals surface area contributed by atoms with Crippen molar-refractivity contribution < 1.29 is 21.8 Å². The van der Waals surface area contributed by atoms with Crippen molar-refractivity contribution in [3.63, 3.8) is 0 Å². The number of halogens is 1. The molecule has 0 amide bonds. The summed E-state index contributed by atoms with van der Waals surface area (Å²) in [7, 11) is 0. The Kier molecular flexibility index (Phi) is 5.73. The summed E-state index contributed by atoms with van der Waals surface area (Å²) in [5.74, 6) is 0.0201. The second kappa shape index (κ2) is 7.76. The van der Waals surface area contributed by atoms with Gasteiger partial charge in [-0.3, -0.25) is 4.79 Å². The van der Waals surface area contributed by atoms with Crippen LogP contribution in [0.2, 0.25) is 0 Å². The van der Waals surface area contributed by atoms with Crippen molar-refractivity contribution in [1.29, 1.82) is 0 Å². The zero-order valence-corrected chi connectivity index (χ0v) is 13.1. The maximum atomic E-state index is 12.0. The molecule has 0 N–H and O–H groups in total. The molecule has 1 aliphatic heterocycles. The number of pyridine rings is 1. The summed E-state index contributed by atoms with van der Waals surface area (Å²) in [6, 6.07) is 13.5. The molecule has 2 heterocycles. The van der Waals surface area contributed by atoms with Crippen LogP contribution in [0.25, 0.3) is 6.20 Å². The van der Waals surface area contributed by atoms with E-state index in [-0.39, 0.29) is 18.2 Å². The van der Waals surface area contributed by atoms with Crippen LogP contribution in [-0.2, 0) is 0 Å². The number of aromatic nitrogens is 1. The number of hydrogen-bond donors (Lipinski definition) is 0. The molecule has 0 aliphatic carbocycles. The standard InChI is InChI=1S/C18H19N2O.ClH/c21-18(16-6-2-1-3-7-16)10-15-19-13-8-17(9-14-19)20-11-4-5-12-20;/h1-3,6-10,13-15H,4-5,11-12H2;1H/q+1;/p-1/b15-10+;. The number of anilines is 1. The highest BCUT2D eigenvalue weighted by molar-refractivity contribution is 6.05. The molecule has 1 aliphatic rings. The first-order valence-electron chi connectivity index (χ1n) is 7.36. The molecule has 2 aromatic rings. The number of benzene rings is 1. The second-order valence-corrected chi connectivity index (χ2v) is 5.24. The topological polar surface area (TPSA) is 24.2 Å². The van der Waals surface area contributed by atoms with Crippen molar-refractivity contribution in [3.8, 4) is 0 Å². The average Bonchev–Trinajstić information content (AvgIpc) is 3.08. The van der Waals surface area contributed by atoms with Crippen molar-refractivity contribution in [2.24, 2.45) is 0 Å². The molecule has 4 heteroatoms. The molecule has 0 unspecified atom stereocenters. The Labute approximate surface area is 137 Å². The fraction of sp³-hybridized carbons (Fsp3) is 0.222. The number of hydrogen-bond acceptors (Lipinski definition) is 2. The van der Waals surface area contributed by atoms with Gasteiger partial charge in [0.2, 0.25) is 0 Å². The summed E-state index contributed by atoms with van der Waals surface area (Å²) in [5, 5.41) is 0. The predicted molar refractivity (Wildman–Crippen MR) is 84.2 cm³/mol. The van der Waals surface area contributed by atoms with Crippen LogP contribution in [0, 0.1) is 0 Å². The fourth-order valence-electron chi connectivity index (χ4n) is 2.57. The molecule has 3 rings (SSSR count). The molecule has 0 bridgehead atoms. The molecule has 1 aromatic heterocycles. The molecule has 3 nitrogen and oxygen atoms in total. The van der Waals surface area contributed by atoms with Crippen molar-refractivity contribution in [2.75, 3.05) is 18.0 Å². The molecule has 0 saturated carbocycles. The second-order valence-electron chi connectivity index (χ2n) is 5.24. The van der Waals surface area contributed by atoms with Crippen molar-refractivity contribution in [1.82, 2.24) is 0 Å². The Morgan fingerprint density at radius 1 is 1.00 bits per heavy atom. The highest BCUT2D eigenvalue weighted by Gasteiger charge is 2.12. The lowest BCUT2D eigenvalue weighted by Crippen LogP contribution is -3.00. The predicted octanol–water partition coefficient (Wildman–Crippen LogP) is -0.0681. The van der Waals surface area contributed by atoms with Crippen molar-refractivity contribution in [3.05, 3.63) is 66.5 Å². The highest BCUT2D eigenvalue weighted by Crippen LogP contribution is 2.17. The van der Waals surface area contributed by atoms with Gasteiger partial charge in [0, 0.05) is 36.5 Å². The van der Waals surface area contributed by atoms with Crippen LogP contribution in [-0.4, -0.2) is 18.9 Å². The number of rotatable bonds is 4. The molecular weight excluding hydrogens is 296 g/mol. The first-order valence-corrected chi connectivity index (χ1v) is 7.36. The SMILES string of the molecule is O=C(/C=C/[n+]1ccc(N2CCCC2)cc1)c1ccccc1.[Cl-]. The summed E-state index contributed by atoms with van der Waals surface area (Å²) in [5.41, 5.74) is 1.97. The Hall–Kier alpha value is -2.13. The number of nitrogens with zero attached hydrogens (tertiary/aromatic N) is 2. The van der Waals surface area contributed by atoms with Crippen LogP contribution in [0.5, 0.6) is 0 Å². The quantitative estimate of drug-likeness (QED) is 0.448. The van der Waals surface area contributed by atoms with Gasteiger partial charge >= 0.3 is 0 Å². The maximum absolute atomic E-state index is 12.0. The van der Waals surface area contributed by atoms with E-state index in [1.165, 1.54) is 18.5 Å². The van der Waals surface area contributed by atoms with E-state index in [9.17, 15) is 4.79 Å². The third-order valence-corrected chi connectivity index (χ3v) is 3.76. The normalized spacial score (nSPS) is 14.1. The van der Waals surface area contributed by atoms with E-state index < -0.39 is 0 Å². The van der Waals surface area contributed by atoms with Crippen LogP contribution in [0.3, 0.4) is 0 Å². The van der Waals surface area contributed by atoms with E-state index in [1.54, 1.807) is 12.3 Å². The summed E-state index contributed by atoms with van der Waals surface area (Å²) in [6.45, 7) is 2.29. The Bertz CT molecular complexity index is 632. The first kappa shape index (κ1) is 16.2. The Morgan fingerprint density at radius 3 is 2.27 bits per heavy atom. The van der Waals surface area contributed by atoms with Gasteiger partial charge in [0.1, 0.15) is 0 Å². The number of ketones is 1. The number of allylic oxidation sites excluding steroid dienone is 1. The van der Waals surface area contributed by atoms with Crippen LogP contribution in [0.1, 0.15) is 23.2 Å². The van der Waals surface area contributed by atoms with Gasteiger partial charge in [-0.25, -0.2) is 0 Å². The minimum Gasteiger partial charge on any atom is -1.00 e. The average molecular weight is 315 g/mol. The molecule has 114 valence electrons. The number of carbonyl (C=O) groups is 1. The van der Waals surface area contributed by atoms with E-state index >= 15 is 0 Å². The van der Waals surface area contributed by atoms with E-state index in [0.717, 1.165) is 13.1 Å². The van der Waals surface area contributed by atoms with Gasteiger partial charge < -0.3 is 17.3 Å². The lowest BCUT2D eigenvalue weighted by molar-refractivity contribution is -0.568. The van der Waals surface area contributed by atoms with E-state index in [1.807, 2.05) is 47.3 Å².